The smallest absolute Gasteiger partial charge is 0.339 e. The zero-order chi connectivity index (χ0) is 27.4. The molecular formula is C23H19ClF5N5O3. The van der Waals surface area contributed by atoms with Crippen molar-refractivity contribution < 1.29 is 36.3 Å². The Morgan fingerprint density at radius 2 is 1.97 bits per heavy atom. The van der Waals surface area contributed by atoms with E-state index in [1.165, 1.54) is 5.32 Å². The summed E-state index contributed by atoms with van der Waals surface area (Å²) in [7, 11) is 0. The fourth-order valence-corrected chi connectivity index (χ4v) is 5.42. The number of alkyl halides is 3. The van der Waals surface area contributed by atoms with E-state index in [9.17, 15) is 41.6 Å². The minimum absolute atomic E-state index is 0.0165. The predicted octanol–water partition coefficient (Wildman–Crippen LogP) is 3.01. The first-order valence-electron chi connectivity index (χ1n) is 11.0. The normalized spacial score (nSPS) is 22.7. The van der Waals surface area contributed by atoms with E-state index in [2.05, 4.69) is 10.3 Å². The zero-order valence-corrected chi connectivity index (χ0v) is 20.0. The maximum atomic E-state index is 14.3. The van der Waals surface area contributed by atoms with Gasteiger partial charge in [-0.3, -0.25) is 19.4 Å². The molecule has 14 heteroatoms. The zero-order valence-electron chi connectivity index (χ0n) is 19.3. The number of hydrogen-bond acceptors (Lipinski definition) is 5. The number of pyridine rings is 1. The summed E-state index contributed by atoms with van der Waals surface area (Å²) in [4.78, 5) is 42.0. The van der Waals surface area contributed by atoms with Crippen molar-refractivity contribution in [1.82, 2.24) is 20.5 Å². The number of carbonyl (C=O) groups excluding carboxylic acids is 3. The maximum absolute atomic E-state index is 14.3. The van der Waals surface area contributed by atoms with Gasteiger partial charge in [0.1, 0.15) is 12.1 Å². The number of nitrogens with one attached hydrogen (secondary N) is 2. The Morgan fingerprint density at radius 1 is 1.30 bits per heavy atom. The Balaban J connectivity index is 1.60. The number of nitrogens with zero attached hydrogens (tertiary/aromatic N) is 3. The van der Waals surface area contributed by atoms with Gasteiger partial charge in [0.05, 0.1) is 17.6 Å². The first-order valence-corrected chi connectivity index (χ1v) is 11.3. The number of hydrogen-bond donors (Lipinski definition) is 2. The molecule has 1 aromatic heterocycles. The lowest BCUT2D eigenvalue weighted by Crippen LogP contribution is -2.53. The SMILES string of the molecule is CC1(C)C2CN(C(=O)CNC(=O)C(F)(F)F)[C@H](C(=O)NC(C#N)c3cncc4c(F)c(F)cc(Cl)c34)C21. The average molecular weight is 544 g/mol. The van der Waals surface area contributed by atoms with Gasteiger partial charge in [-0.25, -0.2) is 8.78 Å². The predicted molar refractivity (Wildman–Crippen MR) is 118 cm³/mol. The second-order valence-corrected chi connectivity index (χ2v) is 9.91. The van der Waals surface area contributed by atoms with Crippen LogP contribution in [0.15, 0.2) is 18.5 Å². The number of likely N-dealkylation sites (tertiary alicyclic amines) is 1. The van der Waals surface area contributed by atoms with Crippen molar-refractivity contribution in [2.24, 2.45) is 17.3 Å². The third-order valence-corrected chi connectivity index (χ3v) is 7.39. The molecule has 2 heterocycles. The molecule has 0 bridgehead atoms. The van der Waals surface area contributed by atoms with Gasteiger partial charge in [-0.1, -0.05) is 25.4 Å². The molecule has 196 valence electrons. The topological polar surface area (TPSA) is 115 Å². The Hall–Kier alpha value is -3.53. The molecule has 3 amide bonds. The van der Waals surface area contributed by atoms with Crippen molar-refractivity contribution >= 4 is 40.1 Å². The van der Waals surface area contributed by atoms with Gasteiger partial charge < -0.3 is 15.5 Å². The van der Waals surface area contributed by atoms with Crippen molar-refractivity contribution in [3.05, 3.63) is 40.7 Å². The lowest BCUT2D eigenvalue weighted by molar-refractivity contribution is -0.174. The van der Waals surface area contributed by atoms with Crippen LogP contribution in [0.2, 0.25) is 5.02 Å². The summed E-state index contributed by atoms with van der Waals surface area (Å²) in [6.45, 7) is 2.82. The molecule has 4 atom stereocenters. The number of carbonyl (C=O) groups is 3. The standard InChI is InChI=1S/C23H19ClF5N5O3/c1-22(2)11-8-34(15(35)7-32-21(37)23(27,28)29)19(17(11)22)20(36)33-14(4-30)9-5-31-6-10-16(9)12(24)3-13(25)18(10)26/h3,5-6,11,14,17,19H,7-8H2,1-2H3,(H,32,37)(H,33,36)/t11?,14?,17?,19-/m0/s1. The second kappa shape index (κ2) is 9.09. The molecule has 3 unspecified atom stereocenters. The van der Waals surface area contributed by atoms with Crippen LogP contribution in [-0.2, 0) is 14.4 Å². The molecule has 1 aromatic carbocycles. The minimum atomic E-state index is -5.18. The highest BCUT2D eigenvalue weighted by atomic mass is 35.5. The summed E-state index contributed by atoms with van der Waals surface area (Å²) in [6.07, 6.45) is -3.00. The molecule has 2 aromatic rings. The van der Waals surface area contributed by atoms with Crippen molar-refractivity contribution in [3.63, 3.8) is 0 Å². The van der Waals surface area contributed by atoms with Crippen LogP contribution in [-0.4, -0.2) is 52.9 Å². The number of fused-ring (bicyclic) bond motifs is 2. The van der Waals surface area contributed by atoms with Crippen molar-refractivity contribution in [1.29, 1.82) is 5.26 Å². The summed E-state index contributed by atoms with van der Waals surface area (Å²) in [5, 5.41) is 13.2. The molecule has 2 N–H and O–H groups in total. The van der Waals surface area contributed by atoms with Crippen LogP contribution in [0.25, 0.3) is 10.8 Å². The fraction of sp³-hybridized carbons (Fsp3) is 0.435. The Bertz CT molecular complexity index is 1360. The molecule has 1 saturated carbocycles. The van der Waals surface area contributed by atoms with E-state index in [-0.39, 0.29) is 45.2 Å². The molecule has 2 fully saturated rings. The van der Waals surface area contributed by atoms with E-state index in [4.69, 9.17) is 11.6 Å². The Labute approximate surface area is 211 Å². The summed E-state index contributed by atoms with van der Waals surface area (Å²) in [5.74, 6) is -6.93. The first kappa shape index (κ1) is 26.5. The van der Waals surface area contributed by atoms with Crippen LogP contribution < -0.4 is 10.6 Å². The van der Waals surface area contributed by atoms with Crippen molar-refractivity contribution in [2.75, 3.05) is 13.1 Å². The van der Waals surface area contributed by atoms with Crippen molar-refractivity contribution in [3.8, 4) is 6.07 Å². The van der Waals surface area contributed by atoms with Crippen LogP contribution in [0.1, 0.15) is 25.5 Å². The van der Waals surface area contributed by atoms with Crippen LogP contribution in [0, 0.1) is 40.2 Å². The summed E-state index contributed by atoms with van der Waals surface area (Å²) in [5.41, 5.74) is -0.377. The van der Waals surface area contributed by atoms with Gasteiger partial charge in [-0.15, -0.1) is 0 Å². The molecule has 37 heavy (non-hydrogen) atoms. The van der Waals surface area contributed by atoms with Gasteiger partial charge in [0.2, 0.25) is 11.8 Å². The lowest BCUT2D eigenvalue weighted by Gasteiger charge is -2.31. The minimum Gasteiger partial charge on any atom is -0.339 e. The maximum Gasteiger partial charge on any atom is 0.471 e. The van der Waals surface area contributed by atoms with Gasteiger partial charge in [0, 0.05) is 35.3 Å². The fourth-order valence-electron chi connectivity index (χ4n) is 5.11. The van der Waals surface area contributed by atoms with Crippen LogP contribution in [0.3, 0.4) is 0 Å². The van der Waals surface area contributed by atoms with E-state index in [1.807, 2.05) is 19.9 Å². The van der Waals surface area contributed by atoms with Crippen LogP contribution in [0.5, 0.6) is 0 Å². The average Bonchev–Trinajstić information content (AvgIpc) is 3.16. The van der Waals surface area contributed by atoms with Gasteiger partial charge in [-0.2, -0.15) is 18.4 Å². The highest BCUT2D eigenvalue weighted by Gasteiger charge is 2.69. The van der Waals surface area contributed by atoms with Crippen LogP contribution >= 0.6 is 11.6 Å². The summed E-state index contributed by atoms with van der Waals surface area (Å²) in [6, 6.07) is -0.00734. The second-order valence-electron chi connectivity index (χ2n) is 9.50. The monoisotopic (exact) mass is 543 g/mol. The van der Waals surface area contributed by atoms with Gasteiger partial charge in [0.15, 0.2) is 11.6 Å². The number of halogens is 6. The number of rotatable bonds is 5. The highest BCUT2D eigenvalue weighted by molar-refractivity contribution is 6.35. The molecular weight excluding hydrogens is 525 g/mol. The summed E-state index contributed by atoms with van der Waals surface area (Å²) < 4.78 is 65.6. The molecule has 1 aliphatic carbocycles. The van der Waals surface area contributed by atoms with Crippen LogP contribution in [0.4, 0.5) is 22.0 Å². The molecule has 1 saturated heterocycles. The highest BCUT2D eigenvalue weighted by Crippen LogP contribution is 2.64. The Morgan fingerprint density at radius 3 is 2.59 bits per heavy atom. The Kier molecular flexibility index (Phi) is 6.52. The van der Waals surface area contributed by atoms with Gasteiger partial charge in [0.25, 0.3) is 0 Å². The van der Waals surface area contributed by atoms with Crippen molar-refractivity contribution in [2.45, 2.75) is 32.1 Å². The van der Waals surface area contributed by atoms with Gasteiger partial charge in [-0.05, 0) is 23.3 Å². The number of piperidine rings is 1. The van der Waals surface area contributed by atoms with Gasteiger partial charge >= 0.3 is 12.1 Å². The third-order valence-electron chi connectivity index (χ3n) is 7.10. The summed E-state index contributed by atoms with van der Waals surface area (Å²) >= 11 is 6.10. The van der Waals surface area contributed by atoms with E-state index in [1.54, 1.807) is 0 Å². The first-order chi connectivity index (χ1) is 17.2. The third kappa shape index (κ3) is 4.54. The number of nitriles is 1. The molecule has 0 radical (unpaired) electrons. The molecule has 4 rings (SSSR count). The molecule has 2 aliphatic rings. The van der Waals surface area contributed by atoms with E-state index in [0.29, 0.717) is 0 Å². The number of amides is 3. The van der Waals surface area contributed by atoms with E-state index in [0.717, 1.165) is 23.4 Å². The number of benzene rings is 1. The van der Waals surface area contributed by atoms with E-state index >= 15 is 0 Å². The largest absolute Gasteiger partial charge is 0.471 e. The molecule has 1 aliphatic heterocycles. The molecule has 8 nitrogen and oxygen atoms in total. The van der Waals surface area contributed by atoms with E-state index < -0.39 is 54.2 Å². The quantitative estimate of drug-likeness (QED) is 0.444. The number of aromatic nitrogens is 1. The lowest BCUT2D eigenvalue weighted by atomic mass is 9.98. The molecule has 0 spiro atoms.